The monoisotopic (exact) mass is 1500 g/mol. The SMILES string of the molecule is C.C.CCc1ccc(-c2ccccc2CC)cc1.CCc1ccc(-c2ccccc2CC)cc1.Cc1cc(C)cc(N2COc3ccccc3C2)c1.Cc1cc(C)cc(N2COc3ccccc3C2)c1.c1ccc(-c2cccc(N3COc4ccccc4C3)c2)cc1.c1ccc(-c2cccc(N3COc4ccccc4C3)c2)cc1. The molecule has 0 unspecified atom stereocenters. The molecule has 0 spiro atoms. The van der Waals surface area contributed by atoms with Gasteiger partial charge < -0.3 is 38.5 Å². The minimum absolute atomic E-state index is 0. The first-order valence-corrected chi connectivity index (χ1v) is 39.6. The van der Waals surface area contributed by atoms with Crippen LogP contribution in [0, 0.1) is 27.7 Å². The van der Waals surface area contributed by atoms with Crippen molar-refractivity contribution in [2.75, 3.05) is 46.5 Å². The Bertz CT molecular complexity index is 4960. The number of benzene rings is 14. The normalized spacial score (nSPS) is 12.5. The van der Waals surface area contributed by atoms with E-state index < -0.39 is 0 Å². The van der Waals surface area contributed by atoms with Gasteiger partial charge in [-0.3, -0.25) is 0 Å². The van der Waals surface area contributed by atoms with Gasteiger partial charge in [-0.1, -0.05) is 309 Å². The van der Waals surface area contributed by atoms with Crippen LogP contribution in [0.15, 0.2) is 340 Å². The van der Waals surface area contributed by atoms with Gasteiger partial charge in [0.15, 0.2) is 26.9 Å². The zero-order valence-electron chi connectivity index (χ0n) is 66.2. The zero-order valence-corrected chi connectivity index (χ0v) is 66.2. The van der Waals surface area contributed by atoms with Crippen LogP contribution in [0.4, 0.5) is 22.7 Å². The van der Waals surface area contributed by atoms with E-state index in [4.69, 9.17) is 18.9 Å². The van der Waals surface area contributed by atoms with Gasteiger partial charge in [-0.2, -0.15) is 0 Å². The molecule has 0 amide bonds. The molecule has 14 aromatic rings. The maximum atomic E-state index is 5.86. The molecule has 0 fully saturated rings. The molecule has 580 valence electrons. The lowest BCUT2D eigenvalue weighted by Gasteiger charge is -2.31. The molecule has 0 radical (unpaired) electrons. The third-order valence-electron chi connectivity index (χ3n) is 20.8. The van der Waals surface area contributed by atoms with Gasteiger partial charge >= 0.3 is 0 Å². The van der Waals surface area contributed by atoms with Crippen molar-refractivity contribution < 1.29 is 18.9 Å². The summed E-state index contributed by atoms with van der Waals surface area (Å²) in [5.41, 5.74) is 31.0. The summed E-state index contributed by atoms with van der Waals surface area (Å²) in [6.07, 6.45) is 4.39. The maximum Gasteiger partial charge on any atom is 0.161 e. The van der Waals surface area contributed by atoms with E-state index in [0.29, 0.717) is 26.9 Å². The largest absolute Gasteiger partial charge is 0.473 e. The van der Waals surface area contributed by atoms with E-state index in [-0.39, 0.29) is 14.9 Å². The van der Waals surface area contributed by atoms with Crippen molar-refractivity contribution in [3.8, 4) is 67.5 Å². The first-order chi connectivity index (χ1) is 54.9. The van der Waals surface area contributed by atoms with Crippen molar-refractivity contribution in [2.24, 2.45) is 0 Å². The highest BCUT2D eigenvalue weighted by molar-refractivity contribution is 5.72. The molecule has 4 heterocycles. The summed E-state index contributed by atoms with van der Waals surface area (Å²) >= 11 is 0. The smallest absolute Gasteiger partial charge is 0.161 e. The number of aryl methyl sites for hydroxylation is 8. The molecule has 0 aromatic heterocycles. The van der Waals surface area contributed by atoms with E-state index in [2.05, 4.69) is 354 Å². The van der Waals surface area contributed by atoms with Crippen LogP contribution in [0.25, 0.3) is 44.5 Å². The van der Waals surface area contributed by atoms with E-state index in [0.717, 1.165) is 74.9 Å². The highest BCUT2D eigenvalue weighted by Gasteiger charge is 2.22. The summed E-state index contributed by atoms with van der Waals surface area (Å²) in [6.45, 7) is 23.4. The van der Waals surface area contributed by atoms with E-state index in [1.807, 2.05) is 60.7 Å². The molecule has 0 atom stereocenters. The Labute approximate surface area is 680 Å². The van der Waals surface area contributed by atoms with Gasteiger partial charge in [0.2, 0.25) is 0 Å². The van der Waals surface area contributed by atoms with Gasteiger partial charge in [0.25, 0.3) is 0 Å². The predicted octanol–water partition coefficient (Wildman–Crippen LogP) is 27.0. The summed E-state index contributed by atoms with van der Waals surface area (Å²) in [6, 6.07) is 120. The maximum absolute atomic E-state index is 5.86. The Balaban J connectivity index is 0.000000135. The topological polar surface area (TPSA) is 49.9 Å². The second-order valence-corrected chi connectivity index (χ2v) is 29.0. The predicted molar refractivity (Wildman–Crippen MR) is 483 cm³/mol. The number of ether oxygens (including phenoxy) is 4. The van der Waals surface area contributed by atoms with Gasteiger partial charge in [-0.05, 0) is 215 Å². The first kappa shape index (κ1) is 82.4. The van der Waals surface area contributed by atoms with Gasteiger partial charge in [0, 0.05) is 71.2 Å². The zero-order chi connectivity index (χ0) is 77.4. The molecule has 0 N–H and O–H groups in total. The summed E-state index contributed by atoms with van der Waals surface area (Å²) in [7, 11) is 0. The summed E-state index contributed by atoms with van der Waals surface area (Å²) < 4.78 is 23.3. The fourth-order valence-electron chi connectivity index (χ4n) is 14.7. The molecule has 0 bridgehead atoms. The molecule has 0 saturated heterocycles. The van der Waals surface area contributed by atoms with Crippen LogP contribution in [0.1, 0.15) is 109 Å². The third kappa shape index (κ3) is 22.0. The quantitative estimate of drug-likeness (QED) is 0.120. The average Bonchev–Trinajstić information content (AvgIpc) is 0.849. The van der Waals surface area contributed by atoms with Crippen LogP contribution in [-0.4, -0.2) is 26.9 Å². The number of hydrogen-bond donors (Lipinski definition) is 0. The molecule has 14 aromatic carbocycles. The minimum atomic E-state index is 0. The molecule has 4 aliphatic heterocycles. The molecular formula is C106H112N4O4. The van der Waals surface area contributed by atoms with Gasteiger partial charge in [-0.15, -0.1) is 0 Å². The standard InChI is InChI=1S/2C20H17NO.2C16H17NO.2C16H18.2CH4/c2*1-2-7-16(8-3-1)17-10-6-11-19(13-17)21-14-18-9-4-5-12-20(18)22-15-21;2*1-12-7-13(2)9-15(8-12)17-10-14-5-3-4-6-16(14)18-11-17;2*1-3-13-9-11-15(12-10-13)16-8-6-5-7-14(16)4-2;;/h2*1-13H,14-15H2;2*3-9H,10-11H2,1-2H3;2*5-12H,3-4H2,1-2H3;2*1H4. The van der Waals surface area contributed by atoms with Gasteiger partial charge in [0.05, 0.1) is 0 Å². The van der Waals surface area contributed by atoms with Crippen LogP contribution in [0.3, 0.4) is 0 Å². The Kier molecular flexibility index (Phi) is 29.7. The third-order valence-corrected chi connectivity index (χ3v) is 20.8. The Morgan fingerprint density at radius 3 is 0.807 bits per heavy atom. The van der Waals surface area contributed by atoms with E-state index in [1.54, 1.807) is 0 Å². The van der Waals surface area contributed by atoms with Crippen LogP contribution in [-0.2, 0) is 51.9 Å². The van der Waals surface area contributed by atoms with Crippen molar-refractivity contribution >= 4 is 22.7 Å². The molecule has 114 heavy (non-hydrogen) atoms. The lowest BCUT2D eigenvalue weighted by atomic mass is 9.97. The summed E-state index contributed by atoms with van der Waals surface area (Å²) in [5, 5.41) is 0. The lowest BCUT2D eigenvalue weighted by molar-refractivity contribution is 0.289. The Hall–Kier alpha value is -12.5. The molecule has 18 rings (SSSR count). The van der Waals surface area contributed by atoms with Crippen LogP contribution in [0.2, 0.25) is 0 Å². The van der Waals surface area contributed by atoms with Crippen molar-refractivity contribution in [2.45, 2.75) is 122 Å². The molecular weight excluding hydrogens is 1390 g/mol. The molecule has 0 aliphatic carbocycles. The molecule has 0 saturated carbocycles. The fraction of sp³-hybridized carbons (Fsp3) is 0.208. The number of fused-ring (bicyclic) bond motifs is 4. The van der Waals surface area contributed by atoms with Crippen LogP contribution < -0.4 is 38.5 Å². The Morgan fingerprint density at radius 1 is 0.228 bits per heavy atom. The molecule has 4 aliphatic rings. The summed E-state index contributed by atoms with van der Waals surface area (Å²) in [5.74, 6) is 4.02. The first-order valence-electron chi connectivity index (χ1n) is 39.6. The highest BCUT2D eigenvalue weighted by atomic mass is 16.5. The van der Waals surface area contributed by atoms with Gasteiger partial charge in [-0.25, -0.2) is 0 Å². The number of hydrogen-bond acceptors (Lipinski definition) is 8. The van der Waals surface area contributed by atoms with Crippen molar-refractivity contribution in [1.29, 1.82) is 0 Å². The van der Waals surface area contributed by atoms with Crippen molar-refractivity contribution in [3.05, 3.63) is 406 Å². The van der Waals surface area contributed by atoms with Crippen LogP contribution >= 0.6 is 0 Å². The van der Waals surface area contributed by atoms with E-state index in [1.165, 1.54) is 134 Å². The van der Waals surface area contributed by atoms with Crippen LogP contribution in [0.5, 0.6) is 23.0 Å². The summed E-state index contributed by atoms with van der Waals surface area (Å²) in [4.78, 5) is 9.05. The number of para-hydroxylation sites is 4. The molecule has 8 nitrogen and oxygen atoms in total. The number of anilines is 4. The van der Waals surface area contributed by atoms with Gasteiger partial charge in [0.1, 0.15) is 23.0 Å². The second-order valence-electron chi connectivity index (χ2n) is 29.0. The number of nitrogens with zero attached hydrogens (tertiary/aromatic N) is 4. The minimum Gasteiger partial charge on any atom is -0.473 e. The fourth-order valence-corrected chi connectivity index (χ4v) is 14.7. The van der Waals surface area contributed by atoms with Crippen molar-refractivity contribution in [3.63, 3.8) is 0 Å². The molecule has 8 heteroatoms. The second kappa shape index (κ2) is 41.1. The number of rotatable bonds is 12. The average molecular weight is 1510 g/mol. The van der Waals surface area contributed by atoms with E-state index >= 15 is 0 Å². The highest BCUT2D eigenvalue weighted by Crippen LogP contribution is 2.36. The Morgan fingerprint density at radius 2 is 0.500 bits per heavy atom. The van der Waals surface area contributed by atoms with Crippen molar-refractivity contribution in [1.82, 2.24) is 0 Å². The lowest BCUT2D eigenvalue weighted by Crippen LogP contribution is -2.31. The van der Waals surface area contributed by atoms with E-state index in [9.17, 15) is 0 Å².